The smallest absolute Gasteiger partial charge is 0.257 e. The Balaban J connectivity index is 0.00000225. The normalized spacial score (nSPS) is 19.5. The van der Waals surface area contributed by atoms with Crippen LogP contribution in [0.15, 0.2) is 42.7 Å². The first kappa shape index (κ1) is 20.2. The number of hydrogen-bond donors (Lipinski definition) is 1. The summed E-state index contributed by atoms with van der Waals surface area (Å²) in [6.07, 6.45) is 4.68. The van der Waals surface area contributed by atoms with Gasteiger partial charge in [-0.25, -0.2) is 4.39 Å². The quantitative estimate of drug-likeness (QED) is 0.853. The molecule has 0 aliphatic carbocycles. The lowest BCUT2D eigenvalue weighted by Gasteiger charge is -2.36. The number of carbonyl (C=O) groups is 2. The molecule has 1 N–H and O–H groups in total. The number of piperazine rings is 1. The summed E-state index contributed by atoms with van der Waals surface area (Å²) < 4.78 is 14.5. The van der Waals surface area contributed by atoms with E-state index >= 15 is 0 Å². The van der Waals surface area contributed by atoms with Crippen molar-refractivity contribution in [2.45, 2.75) is 18.9 Å². The molecule has 0 spiro atoms. The summed E-state index contributed by atoms with van der Waals surface area (Å²) in [5.74, 6) is -0.925. The minimum Gasteiger partial charge on any atom is -0.329 e. The van der Waals surface area contributed by atoms with Gasteiger partial charge in [0.1, 0.15) is 5.82 Å². The first-order valence-corrected chi connectivity index (χ1v) is 9.16. The summed E-state index contributed by atoms with van der Waals surface area (Å²) in [5.41, 5.74) is 1.49. The van der Waals surface area contributed by atoms with Gasteiger partial charge in [0.05, 0.1) is 11.6 Å². The zero-order valence-electron chi connectivity index (χ0n) is 15.3. The molecule has 8 heteroatoms. The Morgan fingerprint density at radius 1 is 1.25 bits per heavy atom. The third kappa shape index (κ3) is 3.86. The fourth-order valence-corrected chi connectivity index (χ4v) is 3.74. The molecule has 1 aromatic carbocycles. The third-order valence-electron chi connectivity index (χ3n) is 5.14. The van der Waals surface area contributed by atoms with Crippen LogP contribution in [0.5, 0.6) is 0 Å². The average Bonchev–Trinajstić information content (AvgIpc) is 3.14. The maximum atomic E-state index is 14.5. The van der Waals surface area contributed by atoms with E-state index in [1.807, 2.05) is 12.1 Å². The van der Waals surface area contributed by atoms with Crippen LogP contribution >= 0.6 is 12.4 Å². The van der Waals surface area contributed by atoms with Crippen LogP contribution in [0.25, 0.3) is 0 Å². The Bertz CT molecular complexity index is 865. The zero-order valence-corrected chi connectivity index (χ0v) is 16.1. The van der Waals surface area contributed by atoms with E-state index < -0.39 is 5.82 Å². The zero-order chi connectivity index (χ0) is 18.8. The molecule has 2 saturated heterocycles. The van der Waals surface area contributed by atoms with Crippen LogP contribution in [0.3, 0.4) is 0 Å². The van der Waals surface area contributed by atoms with E-state index in [4.69, 9.17) is 0 Å². The minimum absolute atomic E-state index is 0. The highest BCUT2D eigenvalue weighted by Crippen LogP contribution is 2.28. The number of benzene rings is 1. The van der Waals surface area contributed by atoms with Gasteiger partial charge in [0.15, 0.2) is 0 Å². The van der Waals surface area contributed by atoms with Crippen molar-refractivity contribution in [1.29, 1.82) is 0 Å². The van der Waals surface area contributed by atoms with Crippen molar-refractivity contribution in [3.05, 3.63) is 59.7 Å². The second-order valence-corrected chi connectivity index (χ2v) is 6.82. The van der Waals surface area contributed by atoms with Gasteiger partial charge in [-0.1, -0.05) is 6.07 Å². The summed E-state index contributed by atoms with van der Waals surface area (Å²) in [5, 5.41) is 3.28. The molecule has 3 heterocycles. The summed E-state index contributed by atoms with van der Waals surface area (Å²) in [7, 11) is 0. The van der Waals surface area contributed by atoms with E-state index in [1.54, 1.807) is 28.3 Å². The molecule has 148 valence electrons. The molecule has 6 nitrogen and oxygen atoms in total. The number of pyridine rings is 1. The Hall–Kier alpha value is -2.51. The van der Waals surface area contributed by atoms with Crippen molar-refractivity contribution in [3.63, 3.8) is 0 Å². The molecule has 2 fully saturated rings. The molecular formula is C20H22ClFN4O2. The van der Waals surface area contributed by atoms with Gasteiger partial charge in [0, 0.05) is 50.7 Å². The number of hydrogen-bond acceptors (Lipinski definition) is 4. The highest BCUT2D eigenvalue weighted by molar-refractivity contribution is 5.99. The number of rotatable bonds is 3. The van der Waals surface area contributed by atoms with Gasteiger partial charge in [-0.3, -0.25) is 14.6 Å². The number of anilines is 1. The van der Waals surface area contributed by atoms with Crippen LogP contribution < -0.4 is 10.2 Å². The Morgan fingerprint density at radius 3 is 2.82 bits per heavy atom. The van der Waals surface area contributed by atoms with Crippen molar-refractivity contribution in [2.75, 3.05) is 31.1 Å². The molecule has 1 atom stereocenters. The minimum atomic E-state index is -0.570. The summed E-state index contributed by atoms with van der Waals surface area (Å²) >= 11 is 0. The standard InChI is InChI=1S/C20H21FN4O2.ClH/c21-17-6-5-15(24-9-2-4-19(24)26)11-16(17)20(27)25-10-8-23-13-18(25)14-3-1-7-22-12-14;/h1,3,5-7,11-12,18,23H,2,4,8-10,13H2;1H. The Labute approximate surface area is 169 Å². The molecule has 2 aromatic rings. The van der Waals surface area contributed by atoms with Crippen LogP contribution in [-0.4, -0.2) is 47.9 Å². The van der Waals surface area contributed by atoms with Crippen molar-refractivity contribution in [3.8, 4) is 0 Å². The molecule has 1 unspecified atom stereocenters. The van der Waals surface area contributed by atoms with E-state index in [-0.39, 0.29) is 35.8 Å². The number of aromatic nitrogens is 1. The molecule has 2 amide bonds. The second-order valence-electron chi connectivity index (χ2n) is 6.82. The highest BCUT2D eigenvalue weighted by atomic mass is 35.5. The molecule has 0 saturated carbocycles. The largest absolute Gasteiger partial charge is 0.329 e. The lowest BCUT2D eigenvalue weighted by atomic mass is 10.0. The van der Waals surface area contributed by atoms with Crippen LogP contribution in [-0.2, 0) is 4.79 Å². The highest BCUT2D eigenvalue weighted by Gasteiger charge is 2.31. The maximum Gasteiger partial charge on any atom is 0.257 e. The van der Waals surface area contributed by atoms with Crippen molar-refractivity contribution >= 4 is 29.9 Å². The van der Waals surface area contributed by atoms with E-state index in [9.17, 15) is 14.0 Å². The number of carbonyl (C=O) groups excluding carboxylic acids is 2. The fourth-order valence-electron chi connectivity index (χ4n) is 3.74. The van der Waals surface area contributed by atoms with Crippen LogP contribution in [0.1, 0.15) is 34.8 Å². The molecule has 2 aliphatic heterocycles. The molecule has 2 aliphatic rings. The van der Waals surface area contributed by atoms with E-state index in [1.165, 1.54) is 12.1 Å². The maximum absolute atomic E-state index is 14.5. The van der Waals surface area contributed by atoms with Crippen LogP contribution in [0.4, 0.5) is 10.1 Å². The number of nitrogens with zero attached hydrogens (tertiary/aromatic N) is 3. The van der Waals surface area contributed by atoms with Gasteiger partial charge in [-0.15, -0.1) is 12.4 Å². The third-order valence-corrected chi connectivity index (χ3v) is 5.14. The van der Waals surface area contributed by atoms with Gasteiger partial charge in [0.2, 0.25) is 5.91 Å². The number of halogens is 2. The lowest BCUT2D eigenvalue weighted by Crippen LogP contribution is -2.49. The van der Waals surface area contributed by atoms with Gasteiger partial charge in [-0.05, 0) is 36.2 Å². The summed E-state index contributed by atoms with van der Waals surface area (Å²) in [4.78, 5) is 32.6. The van der Waals surface area contributed by atoms with Crippen molar-refractivity contribution < 1.29 is 14.0 Å². The SMILES string of the molecule is Cl.O=C1CCCN1c1ccc(F)c(C(=O)N2CCNCC2c2cccnc2)c1. The topological polar surface area (TPSA) is 65.5 Å². The molecule has 1 aromatic heterocycles. The summed E-state index contributed by atoms with van der Waals surface area (Å²) in [6, 6.07) is 7.87. The lowest BCUT2D eigenvalue weighted by molar-refractivity contribution is -0.117. The molecule has 0 bridgehead atoms. The Morgan fingerprint density at radius 2 is 2.11 bits per heavy atom. The first-order valence-electron chi connectivity index (χ1n) is 9.16. The number of amides is 2. The van der Waals surface area contributed by atoms with Gasteiger partial charge in [0.25, 0.3) is 5.91 Å². The van der Waals surface area contributed by atoms with Gasteiger partial charge >= 0.3 is 0 Å². The molecule has 28 heavy (non-hydrogen) atoms. The van der Waals surface area contributed by atoms with Crippen molar-refractivity contribution in [1.82, 2.24) is 15.2 Å². The fraction of sp³-hybridized carbons (Fsp3) is 0.350. The van der Waals surface area contributed by atoms with E-state index in [0.29, 0.717) is 38.3 Å². The monoisotopic (exact) mass is 404 g/mol. The average molecular weight is 405 g/mol. The van der Waals surface area contributed by atoms with Crippen molar-refractivity contribution in [2.24, 2.45) is 0 Å². The van der Waals surface area contributed by atoms with Crippen LogP contribution in [0.2, 0.25) is 0 Å². The molecular weight excluding hydrogens is 383 g/mol. The van der Waals surface area contributed by atoms with Crippen LogP contribution in [0, 0.1) is 5.82 Å². The predicted molar refractivity (Wildman–Crippen MR) is 106 cm³/mol. The Kier molecular flexibility index (Phi) is 6.26. The van der Waals surface area contributed by atoms with E-state index in [2.05, 4.69) is 10.3 Å². The molecule has 0 radical (unpaired) electrons. The second kappa shape index (κ2) is 8.67. The van der Waals surface area contributed by atoms with Gasteiger partial charge in [-0.2, -0.15) is 0 Å². The van der Waals surface area contributed by atoms with Gasteiger partial charge < -0.3 is 15.1 Å². The number of nitrogens with one attached hydrogen (secondary N) is 1. The first-order chi connectivity index (χ1) is 13.1. The summed E-state index contributed by atoms with van der Waals surface area (Å²) in [6.45, 7) is 2.31. The van der Waals surface area contributed by atoms with E-state index in [0.717, 1.165) is 12.0 Å². The predicted octanol–water partition coefficient (Wildman–Crippen LogP) is 2.56. The molecule has 4 rings (SSSR count).